The van der Waals surface area contributed by atoms with Crippen LogP contribution in [0.1, 0.15) is 11.4 Å². The van der Waals surface area contributed by atoms with Crippen molar-refractivity contribution in [2.24, 2.45) is 7.05 Å². The number of likely N-dealkylation sites (N-methyl/N-ethyl adjacent to an activating group) is 1. The van der Waals surface area contributed by atoms with Crippen molar-refractivity contribution in [3.8, 4) is 0 Å². The molecule has 20 heavy (non-hydrogen) atoms. The van der Waals surface area contributed by atoms with Crippen LogP contribution in [0.15, 0.2) is 39.7 Å². The molecule has 2 aromatic rings. The molecule has 1 atom stereocenters. The van der Waals surface area contributed by atoms with Crippen molar-refractivity contribution in [2.75, 3.05) is 12.8 Å². The average molecular weight is 354 g/mol. The Balaban J connectivity index is 1.96. The van der Waals surface area contributed by atoms with Gasteiger partial charge in [-0.2, -0.15) is 5.10 Å². The minimum absolute atomic E-state index is 0.432. The summed E-state index contributed by atoms with van der Waals surface area (Å²) in [5, 5.41) is 7.80. The van der Waals surface area contributed by atoms with Crippen molar-refractivity contribution in [1.82, 2.24) is 15.1 Å². The summed E-state index contributed by atoms with van der Waals surface area (Å²) in [5.41, 5.74) is 2.35. The Bertz CT molecular complexity index is 568. The second kappa shape index (κ2) is 7.29. The predicted molar refractivity (Wildman–Crippen MR) is 89.4 cm³/mol. The number of thioether (sulfide) groups is 1. The van der Waals surface area contributed by atoms with E-state index in [4.69, 9.17) is 0 Å². The zero-order chi connectivity index (χ0) is 14.5. The van der Waals surface area contributed by atoms with Crippen molar-refractivity contribution in [3.05, 3.63) is 46.2 Å². The molecule has 1 aromatic heterocycles. The molecule has 1 N–H and O–H groups in total. The van der Waals surface area contributed by atoms with Crippen LogP contribution in [0.2, 0.25) is 0 Å². The highest BCUT2D eigenvalue weighted by molar-refractivity contribution is 9.10. The van der Waals surface area contributed by atoms with E-state index >= 15 is 0 Å². The van der Waals surface area contributed by atoms with Crippen molar-refractivity contribution in [3.63, 3.8) is 0 Å². The number of hydrogen-bond donors (Lipinski definition) is 1. The van der Waals surface area contributed by atoms with E-state index in [0.29, 0.717) is 6.04 Å². The molecule has 0 radical (unpaired) electrons. The van der Waals surface area contributed by atoms with E-state index in [1.54, 1.807) is 0 Å². The maximum atomic E-state index is 4.41. The Hall–Kier alpha value is -0.780. The zero-order valence-electron chi connectivity index (χ0n) is 12.1. The van der Waals surface area contributed by atoms with Gasteiger partial charge in [0.05, 0.1) is 5.69 Å². The van der Waals surface area contributed by atoms with Crippen LogP contribution < -0.4 is 5.32 Å². The maximum Gasteiger partial charge on any atom is 0.0596 e. The summed E-state index contributed by atoms with van der Waals surface area (Å²) in [6, 6.07) is 10.9. The summed E-state index contributed by atoms with van der Waals surface area (Å²) in [6.07, 6.45) is 0.991. The lowest BCUT2D eigenvalue weighted by atomic mass is 10.2. The van der Waals surface area contributed by atoms with Gasteiger partial charge >= 0.3 is 0 Å². The van der Waals surface area contributed by atoms with Gasteiger partial charge in [0.1, 0.15) is 0 Å². The van der Waals surface area contributed by atoms with E-state index < -0.39 is 0 Å². The molecule has 2 rings (SSSR count). The molecule has 0 bridgehead atoms. The molecule has 5 heteroatoms. The van der Waals surface area contributed by atoms with Crippen LogP contribution in [-0.4, -0.2) is 28.6 Å². The van der Waals surface area contributed by atoms with Crippen LogP contribution in [0.25, 0.3) is 0 Å². The first kappa shape index (κ1) is 15.6. The summed E-state index contributed by atoms with van der Waals surface area (Å²) in [6.45, 7) is 2.04. The summed E-state index contributed by atoms with van der Waals surface area (Å²) >= 11 is 5.47. The Kier molecular flexibility index (Phi) is 5.69. The zero-order valence-corrected chi connectivity index (χ0v) is 14.5. The van der Waals surface area contributed by atoms with E-state index in [0.717, 1.165) is 22.3 Å². The third-order valence-electron chi connectivity index (χ3n) is 3.24. The van der Waals surface area contributed by atoms with Gasteiger partial charge in [-0.15, -0.1) is 11.8 Å². The summed E-state index contributed by atoms with van der Waals surface area (Å²) < 4.78 is 3.14. The van der Waals surface area contributed by atoms with Crippen LogP contribution in [0, 0.1) is 6.92 Å². The van der Waals surface area contributed by atoms with Gasteiger partial charge in [-0.25, -0.2) is 0 Å². The van der Waals surface area contributed by atoms with Crippen molar-refractivity contribution in [2.45, 2.75) is 24.3 Å². The van der Waals surface area contributed by atoms with Crippen molar-refractivity contribution >= 4 is 27.7 Å². The lowest BCUT2D eigenvalue weighted by Gasteiger charge is -2.16. The average Bonchev–Trinajstić information content (AvgIpc) is 2.74. The van der Waals surface area contributed by atoms with E-state index in [9.17, 15) is 0 Å². The monoisotopic (exact) mass is 353 g/mol. The molecule has 0 spiro atoms. The molecule has 0 fully saturated rings. The SMILES string of the molecule is CNC(CSc1ccccc1Br)Cc1cc(C)nn1C. The number of aromatic nitrogens is 2. The van der Waals surface area contributed by atoms with Gasteiger partial charge in [0, 0.05) is 40.3 Å². The van der Waals surface area contributed by atoms with E-state index in [2.05, 4.69) is 50.6 Å². The highest BCUT2D eigenvalue weighted by Gasteiger charge is 2.12. The number of nitrogens with one attached hydrogen (secondary N) is 1. The molecular weight excluding hydrogens is 334 g/mol. The second-order valence-corrected chi connectivity index (χ2v) is 6.75. The van der Waals surface area contributed by atoms with Crippen molar-refractivity contribution in [1.29, 1.82) is 0 Å². The minimum atomic E-state index is 0.432. The van der Waals surface area contributed by atoms with Gasteiger partial charge in [0.25, 0.3) is 0 Å². The molecule has 108 valence electrons. The summed E-state index contributed by atoms with van der Waals surface area (Å²) in [7, 11) is 4.03. The molecule has 0 amide bonds. The molecule has 1 aromatic carbocycles. The predicted octanol–water partition coefficient (Wildman–Crippen LogP) is 3.41. The highest BCUT2D eigenvalue weighted by atomic mass is 79.9. The first-order valence-electron chi connectivity index (χ1n) is 6.64. The smallest absolute Gasteiger partial charge is 0.0596 e. The van der Waals surface area contributed by atoms with Crippen molar-refractivity contribution < 1.29 is 0 Å². The highest BCUT2D eigenvalue weighted by Crippen LogP contribution is 2.27. The van der Waals surface area contributed by atoms with Crippen LogP contribution in [-0.2, 0) is 13.5 Å². The molecule has 1 heterocycles. The van der Waals surface area contributed by atoms with E-state index in [1.165, 1.54) is 10.6 Å². The normalized spacial score (nSPS) is 12.6. The molecule has 0 saturated heterocycles. The Morgan fingerprint density at radius 3 is 2.75 bits per heavy atom. The van der Waals surface area contributed by atoms with Crippen LogP contribution >= 0.6 is 27.7 Å². The van der Waals surface area contributed by atoms with Gasteiger partial charge in [0.15, 0.2) is 0 Å². The minimum Gasteiger partial charge on any atom is -0.316 e. The van der Waals surface area contributed by atoms with E-state index in [-0.39, 0.29) is 0 Å². The third kappa shape index (κ3) is 4.11. The first-order valence-corrected chi connectivity index (χ1v) is 8.42. The van der Waals surface area contributed by atoms with Gasteiger partial charge in [0.2, 0.25) is 0 Å². The molecule has 3 nitrogen and oxygen atoms in total. The molecule has 0 saturated carbocycles. The molecular formula is C15H20BrN3S. The van der Waals surface area contributed by atoms with Gasteiger partial charge in [-0.05, 0) is 48.1 Å². The van der Waals surface area contributed by atoms with Gasteiger partial charge < -0.3 is 5.32 Å². The van der Waals surface area contributed by atoms with Crippen LogP contribution in [0.3, 0.4) is 0 Å². The Labute approximate surface area is 133 Å². The molecule has 0 aliphatic carbocycles. The van der Waals surface area contributed by atoms with E-state index in [1.807, 2.05) is 43.5 Å². The third-order valence-corrected chi connectivity index (χ3v) is 5.43. The maximum absolute atomic E-state index is 4.41. The fourth-order valence-electron chi connectivity index (χ4n) is 2.10. The molecule has 1 unspecified atom stereocenters. The number of nitrogens with zero attached hydrogens (tertiary/aromatic N) is 2. The Morgan fingerprint density at radius 1 is 1.40 bits per heavy atom. The van der Waals surface area contributed by atoms with Gasteiger partial charge in [-0.1, -0.05) is 12.1 Å². The number of hydrogen-bond acceptors (Lipinski definition) is 3. The number of benzene rings is 1. The quantitative estimate of drug-likeness (QED) is 0.807. The lowest BCUT2D eigenvalue weighted by molar-refractivity contribution is 0.582. The fraction of sp³-hybridized carbons (Fsp3) is 0.400. The fourth-order valence-corrected chi connectivity index (χ4v) is 3.78. The standard InChI is InChI=1S/C15H20BrN3S/c1-11-8-13(19(3)18-11)9-12(17-2)10-20-15-7-5-4-6-14(15)16/h4-8,12,17H,9-10H2,1-3H3. The number of halogens is 1. The largest absolute Gasteiger partial charge is 0.316 e. The molecule has 0 aliphatic rings. The van der Waals surface area contributed by atoms with Crippen LogP contribution in [0.4, 0.5) is 0 Å². The number of rotatable bonds is 6. The second-order valence-electron chi connectivity index (χ2n) is 4.83. The summed E-state index contributed by atoms with van der Waals surface area (Å²) in [4.78, 5) is 1.29. The summed E-state index contributed by atoms with van der Waals surface area (Å²) in [5.74, 6) is 1.03. The lowest BCUT2D eigenvalue weighted by Crippen LogP contribution is -2.30. The van der Waals surface area contributed by atoms with Crippen LogP contribution in [0.5, 0.6) is 0 Å². The molecule has 0 aliphatic heterocycles. The topological polar surface area (TPSA) is 29.9 Å². The Morgan fingerprint density at radius 2 is 2.15 bits per heavy atom. The first-order chi connectivity index (χ1) is 9.60. The van der Waals surface area contributed by atoms with Gasteiger partial charge in [-0.3, -0.25) is 4.68 Å². The number of aryl methyl sites for hydroxylation is 2.